The van der Waals surface area contributed by atoms with E-state index in [9.17, 15) is 4.79 Å². The third-order valence-corrected chi connectivity index (χ3v) is 4.41. The van der Waals surface area contributed by atoms with Crippen molar-refractivity contribution in [3.63, 3.8) is 0 Å². The molecule has 0 N–H and O–H groups in total. The van der Waals surface area contributed by atoms with E-state index in [0.717, 1.165) is 5.56 Å². The number of rotatable bonds is 4. The van der Waals surface area contributed by atoms with Crippen LogP contribution < -0.4 is 14.4 Å². The van der Waals surface area contributed by atoms with Crippen molar-refractivity contribution in [3.8, 4) is 11.5 Å². The molecular weight excluding hydrogens is 320 g/mol. The number of amides is 1. The van der Waals surface area contributed by atoms with Gasteiger partial charge in [0.15, 0.2) is 0 Å². The fourth-order valence-electron chi connectivity index (χ4n) is 3.06. The smallest absolute Gasteiger partial charge is 0.257 e. The molecule has 25 heavy (non-hydrogen) atoms. The van der Waals surface area contributed by atoms with Crippen LogP contribution in [0.15, 0.2) is 30.6 Å². The molecule has 1 fully saturated rings. The predicted molar refractivity (Wildman–Crippen MR) is 94.4 cm³/mol. The first-order valence-corrected chi connectivity index (χ1v) is 8.18. The first kappa shape index (κ1) is 17.0. The number of methoxy groups -OCH3 is 2. The number of hydrogen-bond donors (Lipinski definition) is 0. The van der Waals surface area contributed by atoms with Crippen LogP contribution in [0.1, 0.15) is 15.9 Å². The van der Waals surface area contributed by atoms with Gasteiger partial charge in [-0.05, 0) is 25.1 Å². The average Bonchev–Trinajstić information content (AvgIpc) is 2.68. The van der Waals surface area contributed by atoms with Gasteiger partial charge in [-0.15, -0.1) is 0 Å². The fraction of sp³-hybridized carbons (Fsp3) is 0.389. The Morgan fingerprint density at radius 2 is 1.72 bits per heavy atom. The van der Waals surface area contributed by atoms with Gasteiger partial charge in [0, 0.05) is 44.1 Å². The van der Waals surface area contributed by atoms with Gasteiger partial charge in [-0.2, -0.15) is 0 Å². The van der Waals surface area contributed by atoms with Gasteiger partial charge in [-0.1, -0.05) is 0 Å². The van der Waals surface area contributed by atoms with Crippen LogP contribution in [-0.4, -0.2) is 61.2 Å². The van der Waals surface area contributed by atoms with Crippen LogP contribution >= 0.6 is 0 Å². The summed E-state index contributed by atoms with van der Waals surface area (Å²) >= 11 is 0. The van der Waals surface area contributed by atoms with Crippen molar-refractivity contribution in [1.29, 1.82) is 0 Å². The minimum absolute atomic E-state index is 0.0313. The zero-order valence-electron chi connectivity index (χ0n) is 14.7. The molecule has 132 valence electrons. The maximum Gasteiger partial charge on any atom is 0.257 e. The number of piperazine rings is 1. The minimum atomic E-state index is -0.0313. The van der Waals surface area contributed by atoms with E-state index in [1.54, 1.807) is 44.8 Å². The summed E-state index contributed by atoms with van der Waals surface area (Å²) in [5.41, 5.74) is 1.39. The molecule has 1 aliphatic heterocycles. The van der Waals surface area contributed by atoms with E-state index in [1.807, 2.05) is 11.8 Å². The lowest BCUT2D eigenvalue weighted by Gasteiger charge is -2.35. The standard InChI is InChI=1S/C18H22N4O3/c1-13-15(24-2)6-5-14(16(13)25-3)17(23)21-9-11-22(12-10-21)18-19-7-4-8-20-18/h4-8H,9-12H2,1-3H3. The number of nitrogens with zero attached hydrogens (tertiary/aromatic N) is 4. The largest absolute Gasteiger partial charge is 0.496 e. The summed E-state index contributed by atoms with van der Waals surface area (Å²) in [6.07, 6.45) is 3.45. The van der Waals surface area contributed by atoms with E-state index < -0.39 is 0 Å². The van der Waals surface area contributed by atoms with Gasteiger partial charge in [0.1, 0.15) is 11.5 Å². The van der Waals surface area contributed by atoms with Crippen LogP contribution in [0, 0.1) is 6.92 Å². The molecule has 2 heterocycles. The molecule has 1 aliphatic rings. The summed E-state index contributed by atoms with van der Waals surface area (Å²) in [5, 5.41) is 0. The molecule has 1 saturated heterocycles. The van der Waals surface area contributed by atoms with Gasteiger partial charge in [-0.25, -0.2) is 9.97 Å². The van der Waals surface area contributed by atoms with Crippen molar-refractivity contribution in [3.05, 3.63) is 41.7 Å². The van der Waals surface area contributed by atoms with Gasteiger partial charge in [0.05, 0.1) is 19.8 Å². The van der Waals surface area contributed by atoms with Gasteiger partial charge >= 0.3 is 0 Å². The van der Waals surface area contributed by atoms with Crippen molar-refractivity contribution >= 4 is 11.9 Å². The van der Waals surface area contributed by atoms with Crippen molar-refractivity contribution in [2.75, 3.05) is 45.3 Å². The quantitative estimate of drug-likeness (QED) is 0.843. The van der Waals surface area contributed by atoms with Crippen molar-refractivity contribution in [1.82, 2.24) is 14.9 Å². The van der Waals surface area contributed by atoms with E-state index in [2.05, 4.69) is 14.9 Å². The van der Waals surface area contributed by atoms with Crippen LogP contribution in [0.4, 0.5) is 5.95 Å². The number of aromatic nitrogens is 2. The molecule has 0 bridgehead atoms. The second-order valence-electron chi connectivity index (χ2n) is 5.80. The monoisotopic (exact) mass is 342 g/mol. The number of hydrogen-bond acceptors (Lipinski definition) is 6. The Kier molecular flexibility index (Phi) is 5.02. The molecule has 3 rings (SSSR count). The van der Waals surface area contributed by atoms with Crippen molar-refractivity contribution in [2.45, 2.75) is 6.92 Å². The highest BCUT2D eigenvalue weighted by molar-refractivity contribution is 5.98. The Balaban J connectivity index is 1.74. The maximum absolute atomic E-state index is 12.9. The van der Waals surface area contributed by atoms with Crippen LogP contribution in [-0.2, 0) is 0 Å². The summed E-state index contributed by atoms with van der Waals surface area (Å²) in [6.45, 7) is 4.52. The highest BCUT2D eigenvalue weighted by Gasteiger charge is 2.26. The number of ether oxygens (including phenoxy) is 2. The van der Waals surface area contributed by atoms with Gasteiger partial charge in [0.25, 0.3) is 5.91 Å². The molecule has 0 atom stereocenters. The van der Waals surface area contributed by atoms with Gasteiger partial charge in [-0.3, -0.25) is 4.79 Å². The SMILES string of the molecule is COc1ccc(C(=O)N2CCN(c3ncccn3)CC2)c(OC)c1C. The Labute approximate surface area is 147 Å². The second-order valence-corrected chi connectivity index (χ2v) is 5.80. The minimum Gasteiger partial charge on any atom is -0.496 e. The normalized spacial score (nSPS) is 14.4. The molecule has 0 saturated carbocycles. The summed E-state index contributed by atoms with van der Waals surface area (Å²) in [5.74, 6) is 1.95. The lowest BCUT2D eigenvalue weighted by molar-refractivity contribution is 0.0742. The summed E-state index contributed by atoms with van der Waals surface area (Å²) < 4.78 is 10.8. The maximum atomic E-state index is 12.9. The van der Waals surface area contributed by atoms with Crippen LogP contribution in [0.25, 0.3) is 0 Å². The third kappa shape index (κ3) is 3.35. The molecular formula is C18H22N4O3. The predicted octanol–water partition coefficient (Wildman–Crippen LogP) is 1.76. The fourth-order valence-corrected chi connectivity index (χ4v) is 3.06. The molecule has 1 aromatic carbocycles. The van der Waals surface area contributed by atoms with Crippen molar-refractivity contribution < 1.29 is 14.3 Å². The van der Waals surface area contributed by atoms with E-state index in [0.29, 0.717) is 49.2 Å². The Morgan fingerprint density at radius 3 is 2.32 bits per heavy atom. The first-order valence-electron chi connectivity index (χ1n) is 8.18. The Bertz CT molecular complexity index is 743. The highest BCUT2D eigenvalue weighted by Crippen LogP contribution is 2.32. The van der Waals surface area contributed by atoms with Crippen LogP contribution in [0.3, 0.4) is 0 Å². The third-order valence-electron chi connectivity index (χ3n) is 4.41. The number of anilines is 1. The zero-order valence-corrected chi connectivity index (χ0v) is 14.7. The van der Waals surface area contributed by atoms with Gasteiger partial charge in [0.2, 0.25) is 5.95 Å². The summed E-state index contributed by atoms with van der Waals surface area (Å²) in [4.78, 5) is 25.4. The average molecular weight is 342 g/mol. The van der Waals surface area contributed by atoms with E-state index >= 15 is 0 Å². The summed E-state index contributed by atoms with van der Waals surface area (Å²) in [6, 6.07) is 5.36. The molecule has 0 spiro atoms. The van der Waals surface area contributed by atoms with Crippen molar-refractivity contribution in [2.24, 2.45) is 0 Å². The molecule has 0 aliphatic carbocycles. The lowest BCUT2D eigenvalue weighted by atomic mass is 10.1. The van der Waals surface area contributed by atoms with E-state index in [1.165, 1.54) is 0 Å². The first-order chi connectivity index (χ1) is 12.2. The highest BCUT2D eigenvalue weighted by atomic mass is 16.5. The topological polar surface area (TPSA) is 67.8 Å². The van der Waals surface area contributed by atoms with Gasteiger partial charge < -0.3 is 19.3 Å². The lowest BCUT2D eigenvalue weighted by Crippen LogP contribution is -2.49. The Morgan fingerprint density at radius 1 is 1.04 bits per heavy atom. The van der Waals surface area contributed by atoms with E-state index in [4.69, 9.17) is 9.47 Å². The summed E-state index contributed by atoms with van der Waals surface area (Å²) in [7, 11) is 3.18. The van der Waals surface area contributed by atoms with Crippen LogP contribution in [0.2, 0.25) is 0 Å². The number of benzene rings is 1. The molecule has 1 aromatic heterocycles. The number of carbonyl (C=O) groups excluding carboxylic acids is 1. The number of carbonyl (C=O) groups is 1. The Hall–Kier alpha value is -2.83. The van der Waals surface area contributed by atoms with E-state index in [-0.39, 0.29) is 5.91 Å². The molecule has 0 unspecified atom stereocenters. The molecule has 1 amide bonds. The zero-order chi connectivity index (χ0) is 17.8. The molecule has 0 radical (unpaired) electrons. The molecule has 2 aromatic rings. The second kappa shape index (κ2) is 7.38. The van der Waals surface area contributed by atoms with Crippen LogP contribution in [0.5, 0.6) is 11.5 Å². The molecule has 7 heteroatoms. The molecule has 7 nitrogen and oxygen atoms in total.